The Kier molecular flexibility index (Phi) is 6.68. The Labute approximate surface area is 249 Å². The largest absolute Gasteiger partial charge is 0.491 e. The standard InChI is InChI=1S/C32H38FN7O3/c1-32(2)20(12-27(41)37-32)17-43-26-6-4-5-19-11-25(40(28(19)26)15-18-7-8-18)30-36-24-13-22-23(35-29(24)38(30)3)9-10-39(31(22)42)16-21(34)14-33/h4-6,11,13,18,20-21H,7-10,12,14-17,34H2,1-3H3,(H,37,41). The summed E-state index contributed by atoms with van der Waals surface area (Å²) in [7, 11) is 1.96. The normalized spacial score (nSPS) is 20.6. The summed E-state index contributed by atoms with van der Waals surface area (Å²) in [6, 6.07) is 9.37. The maximum atomic E-state index is 13.3. The number of aromatic nitrogens is 4. The number of halogens is 1. The van der Waals surface area contributed by atoms with E-state index in [0.717, 1.165) is 46.1 Å². The molecule has 3 aromatic heterocycles. The smallest absolute Gasteiger partial charge is 0.255 e. The molecule has 2 unspecified atom stereocenters. The minimum atomic E-state index is -0.699. The minimum Gasteiger partial charge on any atom is -0.491 e. The van der Waals surface area contributed by atoms with Crippen LogP contribution in [0.15, 0.2) is 30.3 Å². The van der Waals surface area contributed by atoms with Crippen LogP contribution >= 0.6 is 0 Å². The van der Waals surface area contributed by atoms with Crippen molar-refractivity contribution in [1.82, 2.24) is 29.3 Å². The number of benzene rings is 1. The Bertz CT molecular complexity index is 1750. The Morgan fingerprint density at radius 2 is 2.02 bits per heavy atom. The summed E-state index contributed by atoms with van der Waals surface area (Å²) in [5.74, 6) is 2.11. The number of hydrogen-bond acceptors (Lipinski definition) is 6. The zero-order valence-corrected chi connectivity index (χ0v) is 24.9. The summed E-state index contributed by atoms with van der Waals surface area (Å²) < 4.78 is 23.8. The molecule has 43 heavy (non-hydrogen) atoms. The molecule has 226 valence electrons. The first-order valence-corrected chi connectivity index (χ1v) is 15.2. The van der Waals surface area contributed by atoms with E-state index in [2.05, 4.69) is 22.0 Å². The van der Waals surface area contributed by atoms with Crippen LogP contribution in [0.3, 0.4) is 0 Å². The van der Waals surface area contributed by atoms with Gasteiger partial charge in [0.1, 0.15) is 17.9 Å². The van der Waals surface area contributed by atoms with Gasteiger partial charge >= 0.3 is 0 Å². The molecule has 10 nitrogen and oxygen atoms in total. The van der Waals surface area contributed by atoms with Gasteiger partial charge in [0.15, 0.2) is 11.5 Å². The first kappa shape index (κ1) is 27.8. The molecule has 1 saturated heterocycles. The summed E-state index contributed by atoms with van der Waals surface area (Å²) in [6.45, 7) is 5.35. The van der Waals surface area contributed by atoms with Crippen LogP contribution in [0.25, 0.3) is 33.6 Å². The molecule has 1 saturated carbocycles. The highest BCUT2D eigenvalue weighted by Gasteiger charge is 2.39. The Morgan fingerprint density at radius 3 is 2.74 bits per heavy atom. The average Bonchev–Trinajstić information content (AvgIpc) is 3.56. The fraction of sp³-hybridized carbons (Fsp3) is 0.500. The number of hydrogen-bond donors (Lipinski definition) is 2. The minimum absolute atomic E-state index is 0.0612. The van der Waals surface area contributed by atoms with Crippen LogP contribution in [0.4, 0.5) is 4.39 Å². The number of imidazole rings is 1. The van der Waals surface area contributed by atoms with E-state index < -0.39 is 12.7 Å². The second-order valence-electron chi connectivity index (χ2n) is 13.0. The zero-order chi connectivity index (χ0) is 30.0. The van der Waals surface area contributed by atoms with Gasteiger partial charge < -0.3 is 29.8 Å². The van der Waals surface area contributed by atoms with Crippen LogP contribution in [0.2, 0.25) is 0 Å². The molecule has 1 aliphatic carbocycles. The summed E-state index contributed by atoms with van der Waals surface area (Å²) in [6.07, 6.45) is 3.41. The van der Waals surface area contributed by atoms with Gasteiger partial charge in [-0.15, -0.1) is 0 Å². The lowest BCUT2D eigenvalue weighted by Crippen LogP contribution is -2.45. The van der Waals surface area contributed by atoms with Gasteiger partial charge in [0.05, 0.1) is 35.1 Å². The van der Waals surface area contributed by atoms with E-state index >= 15 is 0 Å². The third-order valence-electron chi connectivity index (χ3n) is 9.32. The Morgan fingerprint density at radius 1 is 1.21 bits per heavy atom. The molecule has 2 aliphatic heterocycles. The number of aryl methyl sites for hydroxylation is 1. The van der Waals surface area contributed by atoms with E-state index in [-0.39, 0.29) is 29.8 Å². The van der Waals surface area contributed by atoms with Crippen LogP contribution in [-0.2, 0) is 24.8 Å². The molecule has 4 aromatic rings. The molecular weight excluding hydrogens is 549 g/mol. The van der Waals surface area contributed by atoms with E-state index in [4.69, 9.17) is 20.4 Å². The van der Waals surface area contributed by atoms with Crippen molar-refractivity contribution in [3.63, 3.8) is 0 Å². The highest BCUT2D eigenvalue weighted by atomic mass is 19.1. The number of amides is 2. The monoisotopic (exact) mass is 587 g/mol. The van der Waals surface area contributed by atoms with Crippen molar-refractivity contribution in [3.05, 3.63) is 41.6 Å². The molecule has 3 N–H and O–H groups in total. The SMILES string of the molecule is Cn1c(-c2cc3cccc(OCC4CC(=O)NC4(C)C)c3n2CC2CC2)nc2cc3c(nc21)CCN(CC(N)CF)C3=O. The molecule has 3 aliphatic rings. The number of nitrogens with two attached hydrogens (primary N) is 1. The fourth-order valence-corrected chi connectivity index (χ4v) is 6.56. The number of alkyl halides is 1. The van der Waals surface area contributed by atoms with Gasteiger partial charge in [-0.25, -0.2) is 14.4 Å². The van der Waals surface area contributed by atoms with E-state index in [1.54, 1.807) is 4.90 Å². The van der Waals surface area contributed by atoms with Crippen molar-refractivity contribution >= 4 is 33.9 Å². The maximum absolute atomic E-state index is 13.3. The van der Waals surface area contributed by atoms with Crippen LogP contribution < -0.4 is 15.8 Å². The Balaban J connectivity index is 1.27. The first-order chi connectivity index (χ1) is 20.6. The van der Waals surface area contributed by atoms with Gasteiger partial charge in [-0.1, -0.05) is 12.1 Å². The predicted molar refractivity (Wildman–Crippen MR) is 162 cm³/mol. The van der Waals surface area contributed by atoms with Crippen molar-refractivity contribution in [2.24, 2.45) is 24.6 Å². The first-order valence-electron chi connectivity index (χ1n) is 15.2. The van der Waals surface area contributed by atoms with Crippen LogP contribution in [0.5, 0.6) is 5.75 Å². The quantitative estimate of drug-likeness (QED) is 0.309. The number of carbonyl (C=O) groups is 2. The highest BCUT2D eigenvalue weighted by Crippen LogP contribution is 2.40. The lowest BCUT2D eigenvalue weighted by atomic mass is 9.90. The van der Waals surface area contributed by atoms with Crippen LogP contribution in [0.1, 0.15) is 49.2 Å². The summed E-state index contributed by atoms with van der Waals surface area (Å²) >= 11 is 0. The van der Waals surface area contributed by atoms with Crippen LogP contribution in [0, 0.1) is 11.8 Å². The van der Waals surface area contributed by atoms with Crippen molar-refractivity contribution in [2.45, 2.75) is 57.7 Å². The number of pyridine rings is 1. The molecule has 11 heteroatoms. The number of para-hydroxylation sites is 1. The van der Waals surface area contributed by atoms with E-state index in [0.29, 0.717) is 43.0 Å². The number of ether oxygens (including phenoxy) is 1. The molecule has 1 aromatic carbocycles. The maximum Gasteiger partial charge on any atom is 0.255 e. The lowest BCUT2D eigenvalue weighted by Gasteiger charge is -2.29. The van der Waals surface area contributed by atoms with Gasteiger partial charge in [0, 0.05) is 56.4 Å². The lowest BCUT2D eigenvalue weighted by molar-refractivity contribution is -0.119. The van der Waals surface area contributed by atoms with Gasteiger partial charge in [0.2, 0.25) is 5.91 Å². The molecule has 0 spiro atoms. The van der Waals surface area contributed by atoms with Gasteiger partial charge in [-0.2, -0.15) is 0 Å². The number of rotatable bonds is 9. The fourth-order valence-electron chi connectivity index (χ4n) is 6.56. The van der Waals surface area contributed by atoms with Gasteiger partial charge in [-0.05, 0) is 50.8 Å². The van der Waals surface area contributed by atoms with E-state index in [9.17, 15) is 14.0 Å². The van der Waals surface area contributed by atoms with Crippen molar-refractivity contribution < 1.29 is 18.7 Å². The zero-order valence-electron chi connectivity index (χ0n) is 24.9. The molecule has 7 rings (SSSR count). The summed E-state index contributed by atoms with van der Waals surface area (Å²) in [4.78, 5) is 36.9. The molecule has 5 heterocycles. The topological polar surface area (TPSA) is 120 Å². The van der Waals surface area contributed by atoms with Gasteiger partial charge in [0.25, 0.3) is 5.91 Å². The molecule has 0 radical (unpaired) electrons. The second kappa shape index (κ2) is 10.3. The van der Waals surface area contributed by atoms with E-state index in [1.807, 2.05) is 43.7 Å². The van der Waals surface area contributed by atoms with Crippen molar-refractivity contribution in [2.75, 3.05) is 26.4 Å². The van der Waals surface area contributed by atoms with Crippen molar-refractivity contribution in [1.29, 1.82) is 0 Å². The van der Waals surface area contributed by atoms with Gasteiger partial charge in [-0.3, -0.25) is 9.59 Å². The molecule has 2 atom stereocenters. The third-order valence-corrected chi connectivity index (χ3v) is 9.32. The average molecular weight is 588 g/mol. The Hall–Kier alpha value is -3.99. The summed E-state index contributed by atoms with van der Waals surface area (Å²) in [5.41, 5.74) is 10.1. The molecule has 0 bridgehead atoms. The number of fused-ring (bicyclic) bond motifs is 3. The molecule has 2 fully saturated rings. The molecular formula is C32H38FN7O3. The number of nitrogens with zero attached hydrogens (tertiary/aromatic N) is 5. The van der Waals surface area contributed by atoms with E-state index in [1.165, 1.54) is 12.8 Å². The van der Waals surface area contributed by atoms with Crippen LogP contribution in [-0.4, -0.2) is 73.8 Å². The number of carbonyl (C=O) groups excluding carboxylic acids is 2. The third kappa shape index (κ3) is 4.93. The molecule has 2 amide bonds. The summed E-state index contributed by atoms with van der Waals surface area (Å²) in [5, 5.41) is 4.12. The van der Waals surface area contributed by atoms with Crippen molar-refractivity contribution in [3.8, 4) is 17.3 Å². The second-order valence-corrected chi connectivity index (χ2v) is 13.0. The predicted octanol–water partition coefficient (Wildman–Crippen LogP) is 3.59. The highest BCUT2D eigenvalue weighted by molar-refractivity contribution is 5.99. The number of nitrogens with one attached hydrogen (secondary N) is 1.